The summed E-state index contributed by atoms with van der Waals surface area (Å²) < 4.78 is 1.89. The predicted octanol–water partition coefficient (Wildman–Crippen LogP) is 1.91. The minimum Gasteiger partial charge on any atom is -0.390 e. The number of aliphatic hydroxyl groups is 1. The molecule has 1 aliphatic heterocycles. The molecule has 3 aromatic rings. The van der Waals surface area contributed by atoms with Crippen molar-refractivity contribution in [2.75, 3.05) is 23.7 Å². The first-order chi connectivity index (χ1) is 15.4. The Balaban J connectivity index is 1.35. The molecule has 1 saturated heterocycles. The van der Waals surface area contributed by atoms with Crippen LogP contribution in [0.1, 0.15) is 29.8 Å². The van der Waals surface area contributed by atoms with Gasteiger partial charge in [0.15, 0.2) is 5.82 Å². The van der Waals surface area contributed by atoms with Gasteiger partial charge in [-0.05, 0) is 30.9 Å². The van der Waals surface area contributed by atoms with Crippen LogP contribution in [0.2, 0.25) is 5.02 Å². The molecule has 1 spiro atoms. The fraction of sp³-hybridized carbons (Fsp3) is 0.429. The van der Waals surface area contributed by atoms with Crippen LogP contribution in [0.25, 0.3) is 0 Å². The number of halogens is 1. The third-order valence-corrected chi connectivity index (χ3v) is 8.00. The number of aliphatic hydroxyl groups excluding tert-OH is 1. The van der Waals surface area contributed by atoms with Crippen molar-refractivity contribution in [3.05, 3.63) is 46.6 Å². The highest BCUT2D eigenvalue weighted by Crippen LogP contribution is 2.45. The van der Waals surface area contributed by atoms with Crippen LogP contribution in [0.15, 0.2) is 34.6 Å². The molecule has 168 valence electrons. The second-order valence-corrected chi connectivity index (χ2v) is 9.82. The molecule has 0 bridgehead atoms. The lowest BCUT2D eigenvalue weighted by atomic mass is 9.73. The first-order valence-electron chi connectivity index (χ1n) is 10.5. The number of piperidine rings is 1. The summed E-state index contributed by atoms with van der Waals surface area (Å²) in [6.07, 6.45) is 8.06. The third-order valence-electron chi connectivity index (χ3n) is 6.53. The number of fused-ring (bicyclic) bond motifs is 2. The molecule has 4 heterocycles. The van der Waals surface area contributed by atoms with Crippen molar-refractivity contribution in [1.82, 2.24) is 24.7 Å². The molecule has 5 rings (SSSR count). The van der Waals surface area contributed by atoms with E-state index in [2.05, 4.69) is 26.0 Å². The van der Waals surface area contributed by atoms with Gasteiger partial charge in [0.2, 0.25) is 0 Å². The largest absolute Gasteiger partial charge is 0.390 e. The van der Waals surface area contributed by atoms with Crippen molar-refractivity contribution < 1.29 is 5.11 Å². The summed E-state index contributed by atoms with van der Waals surface area (Å²) in [5.41, 5.74) is 15.2. The number of rotatable bonds is 4. The Bertz CT molecular complexity index is 1160. The molecule has 3 aromatic heterocycles. The second kappa shape index (κ2) is 8.18. The predicted molar refractivity (Wildman–Crippen MR) is 124 cm³/mol. The topological polar surface area (TPSA) is 132 Å². The van der Waals surface area contributed by atoms with Gasteiger partial charge in [0.25, 0.3) is 0 Å². The molecule has 1 fully saturated rings. The first-order valence-corrected chi connectivity index (χ1v) is 11.7. The van der Waals surface area contributed by atoms with Crippen LogP contribution in [0.5, 0.6) is 0 Å². The smallest absolute Gasteiger partial charge is 0.152 e. The molecule has 0 aromatic carbocycles. The fourth-order valence-corrected chi connectivity index (χ4v) is 5.93. The molecule has 11 heteroatoms. The average Bonchev–Trinajstić information content (AvgIpc) is 3.27. The Morgan fingerprint density at radius 1 is 1.31 bits per heavy atom. The second-order valence-electron chi connectivity index (χ2n) is 8.38. The van der Waals surface area contributed by atoms with Gasteiger partial charge >= 0.3 is 0 Å². The van der Waals surface area contributed by atoms with Crippen molar-refractivity contribution in [1.29, 1.82) is 0 Å². The number of aryl methyl sites for hydroxylation is 1. The molecule has 32 heavy (non-hydrogen) atoms. The number of nitrogens with zero attached hydrogens (tertiary/aromatic N) is 6. The van der Waals surface area contributed by atoms with Crippen molar-refractivity contribution in [2.45, 2.75) is 47.2 Å². The number of aromatic nitrogens is 5. The summed E-state index contributed by atoms with van der Waals surface area (Å²) >= 11 is 7.59. The highest BCUT2D eigenvalue weighted by Gasteiger charge is 2.49. The van der Waals surface area contributed by atoms with Crippen LogP contribution in [-0.4, -0.2) is 49.0 Å². The third kappa shape index (κ3) is 3.51. The Kier molecular flexibility index (Phi) is 5.48. The summed E-state index contributed by atoms with van der Waals surface area (Å²) in [4.78, 5) is 16.2. The van der Waals surface area contributed by atoms with Crippen LogP contribution >= 0.6 is 23.4 Å². The summed E-state index contributed by atoms with van der Waals surface area (Å²) in [6, 6.07) is 1.86. The maximum absolute atomic E-state index is 9.99. The van der Waals surface area contributed by atoms with Crippen LogP contribution in [0.4, 0.5) is 11.6 Å². The van der Waals surface area contributed by atoms with E-state index < -0.39 is 0 Å². The van der Waals surface area contributed by atoms with Crippen LogP contribution in [-0.2, 0) is 25.5 Å². The van der Waals surface area contributed by atoms with E-state index in [1.165, 1.54) is 17.3 Å². The number of nitrogen functional groups attached to an aromatic ring is 1. The average molecular weight is 473 g/mol. The zero-order valence-electron chi connectivity index (χ0n) is 17.7. The van der Waals surface area contributed by atoms with Gasteiger partial charge in [0.1, 0.15) is 16.5 Å². The molecule has 0 unspecified atom stereocenters. The fourth-order valence-electron chi connectivity index (χ4n) is 4.89. The first kappa shape index (κ1) is 21.4. The molecular weight excluding hydrogens is 448 g/mol. The van der Waals surface area contributed by atoms with E-state index in [4.69, 9.17) is 28.2 Å². The summed E-state index contributed by atoms with van der Waals surface area (Å²) in [6.45, 7) is 1.36. The zero-order chi connectivity index (χ0) is 22.5. The summed E-state index contributed by atoms with van der Waals surface area (Å²) in [5, 5.41) is 15.7. The van der Waals surface area contributed by atoms with E-state index >= 15 is 0 Å². The maximum atomic E-state index is 9.99. The lowest BCUT2D eigenvalue weighted by Crippen LogP contribution is -2.51. The van der Waals surface area contributed by atoms with Crippen molar-refractivity contribution in [3.8, 4) is 0 Å². The minimum atomic E-state index is -0.200. The van der Waals surface area contributed by atoms with Crippen molar-refractivity contribution >= 4 is 35.0 Å². The van der Waals surface area contributed by atoms with Crippen LogP contribution in [0.3, 0.4) is 0 Å². The van der Waals surface area contributed by atoms with E-state index in [9.17, 15) is 5.11 Å². The molecule has 0 saturated carbocycles. The quantitative estimate of drug-likeness (QED) is 0.520. The van der Waals surface area contributed by atoms with Crippen molar-refractivity contribution in [2.24, 2.45) is 12.8 Å². The van der Waals surface area contributed by atoms with Gasteiger partial charge in [-0.1, -0.05) is 23.4 Å². The van der Waals surface area contributed by atoms with Crippen LogP contribution < -0.4 is 16.4 Å². The van der Waals surface area contributed by atoms with Gasteiger partial charge in [-0.15, -0.1) is 0 Å². The molecule has 0 amide bonds. The van der Waals surface area contributed by atoms with E-state index in [0.29, 0.717) is 21.6 Å². The van der Waals surface area contributed by atoms with E-state index in [1.807, 2.05) is 11.7 Å². The summed E-state index contributed by atoms with van der Waals surface area (Å²) in [5.74, 6) is 0.979. The molecule has 0 radical (unpaired) electrons. The Morgan fingerprint density at radius 3 is 2.84 bits per heavy atom. The van der Waals surface area contributed by atoms with E-state index in [1.54, 1.807) is 18.5 Å². The SMILES string of the molecule is Cn1cc2c(n1)C1(CCN(c3ncc(Sc4ccnc(N)c4Cl)nc3CO)CC1)[C@H](N)C2. The van der Waals surface area contributed by atoms with Gasteiger partial charge in [-0.25, -0.2) is 15.0 Å². The highest BCUT2D eigenvalue weighted by atomic mass is 35.5. The lowest BCUT2D eigenvalue weighted by molar-refractivity contribution is 0.269. The molecule has 2 aliphatic rings. The molecular formula is C21H25ClN8OS. The highest BCUT2D eigenvalue weighted by molar-refractivity contribution is 7.99. The molecule has 5 N–H and O–H groups in total. The summed E-state index contributed by atoms with van der Waals surface area (Å²) in [7, 11) is 1.96. The normalized spacial score (nSPS) is 19.5. The van der Waals surface area contributed by atoms with E-state index in [-0.39, 0.29) is 23.9 Å². The van der Waals surface area contributed by atoms with Crippen molar-refractivity contribution in [3.63, 3.8) is 0 Å². The number of pyridine rings is 1. The molecule has 9 nitrogen and oxygen atoms in total. The van der Waals surface area contributed by atoms with Gasteiger partial charge in [0, 0.05) is 48.9 Å². The Morgan fingerprint density at radius 2 is 2.09 bits per heavy atom. The van der Waals surface area contributed by atoms with Crippen LogP contribution in [0, 0.1) is 0 Å². The monoisotopic (exact) mass is 472 g/mol. The maximum Gasteiger partial charge on any atom is 0.152 e. The number of nitrogens with two attached hydrogens (primary N) is 2. The minimum absolute atomic E-state index is 0.0862. The standard InChI is InChI=1S/C21H25ClN8OS/c1-29-10-12-8-15(23)21(18(12)28-29)3-6-30(7-4-21)20-13(11-31)27-16(9-26-20)32-14-2-5-25-19(24)17(14)22/h2,5,9-10,15,31H,3-4,6-8,11,23H2,1H3,(H2,24,25)/t15-/m1/s1. The van der Waals surface area contributed by atoms with Gasteiger partial charge in [-0.2, -0.15) is 5.10 Å². The molecule has 1 aliphatic carbocycles. The number of anilines is 2. The molecule has 1 atom stereocenters. The van der Waals surface area contributed by atoms with Gasteiger partial charge < -0.3 is 21.5 Å². The lowest BCUT2D eigenvalue weighted by Gasteiger charge is -2.42. The van der Waals surface area contributed by atoms with Gasteiger partial charge in [0.05, 0.1) is 23.5 Å². The Hall–Kier alpha value is -2.40. The van der Waals surface area contributed by atoms with Gasteiger partial charge in [-0.3, -0.25) is 4.68 Å². The van der Waals surface area contributed by atoms with E-state index in [0.717, 1.165) is 42.9 Å². The Labute approximate surface area is 195 Å². The number of hydrogen-bond donors (Lipinski definition) is 3. The number of hydrogen-bond acceptors (Lipinski definition) is 9. The zero-order valence-corrected chi connectivity index (χ0v) is 19.3.